The minimum atomic E-state index is -1.14. The van der Waals surface area contributed by atoms with Crippen molar-refractivity contribution in [3.63, 3.8) is 0 Å². The normalized spacial score (nSPS) is 12.2. The fourth-order valence-corrected chi connectivity index (χ4v) is 2.82. The van der Waals surface area contributed by atoms with Crippen LogP contribution >= 0.6 is 0 Å². The SMILES string of the molecule is Cc1ccc(NC(=O)[C@H](OC(=O)[C@H](C)Oc2ccc(C#N)cc2)c2ccccc2)cc1. The molecule has 6 heteroatoms. The second-order valence-corrected chi connectivity index (χ2v) is 6.98. The van der Waals surface area contributed by atoms with Crippen molar-refractivity contribution >= 4 is 17.6 Å². The summed E-state index contributed by atoms with van der Waals surface area (Å²) in [4.78, 5) is 25.6. The van der Waals surface area contributed by atoms with Gasteiger partial charge in [0.2, 0.25) is 6.10 Å². The summed E-state index contributed by atoms with van der Waals surface area (Å²) in [5, 5.41) is 11.7. The molecule has 2 atom stereocenters. The van der Waals surface area contributed by atoms with Gasteiger partial charge in [-0.05, 0) is 50.2 Å². The zero-order valence-corrected chi connectivity index (χ0v) is 17.2. The Kier molecular flexibility index (Phi) is 7.02. The summed E-state index contributed by atoms with van der Waals surface area (Å²) < 4.78 is 11.2. The van der Waals surface area contributed by atoms with Crippen LogP contribution in [0.1, 0.15) is 29.7 Å². The van der Waals surface area contributed by atoms with Crippen molar-refractivity contribution in [1.82, 2.24) is 0 Å². The summed E-state index contributed by atoms with van der Waals surface area (Å²) in [6.07, 6.45) is -2.09. The van der Waals surface area contributed by atoms with Crippen LogP contribution in [0.4, 0.5) is 5.69 Å². The molecule has 0 spiro atoms. The van der Waals surface area contributed by atoms with Gasteiger partial charge >= 0.3 is 5.97 Å². The molecular formula is C25H22N2O4. The smallest absolute Gasteiger partial charge is 0.348 e. The Morgan fingerprint density at radius 3 is 2.19 bits per heavy atom. The molecule has 0 aliphatic carbocycles. The quantitative estimate of drug-likeness (QED) is 0.573. The van der Waals surface area contributed by atoms with E-state index in [0.29, 0.717) is 22.6 Å². The number of amides is 1. The first-order valence-corrected chi connectivity index (χ1v) is 9.76. The van der Waals surface area contributed by atoms with E-state index in [4.69, 9.17) is 14.7 Å². The fraction of sp³-hybridized carbons (Fsp3) is 0.160. The van der Waals surface area contributed by atoms with Gasteiger partial charge in [-0.25, -0.2) is 4.79 Å². The molecule has 3 aromatic carbocycles. The number of hydrogen-bond donors (Lipinski definition) is 1. The number of ether oxygens (including phenoxy) is 2. The van der Waals surface area contributed by atoms with E-state index in [-0.39, 0.29) is 0 Å². The van der Waals surface area contributed by atoms with Crippen molar-refractivity contribution in [3.05, 3.63) is 95.6 Å². The first kappa shape index (κ1) is 21.6. The molecule has 0 aromatic heterocycles. The number of rotatable bonds is 7. The first-order valence-electron chi connectivity index (χ1n) is 9.76. The van der Waals surface area contributed by atoms with Gasteiger partial charge in [0.15, 0.2) is 6.10 Å². The third kappa shape index (κ3) is 5.94. The number of nitrogens with zero attached hydrogens (tertiary/aromatic N) is 1. The molecule has 0 aliphatic rings. The minimum Gasteiger partial charge on any atom is -0.479 e. The highest BCUT2D eigenvalue weighted by Crippen LogP contribution is 2.22. The monoisotopic (exact) mass is 414 g/mol. The summed E-state index contributed by atoms with van der Waals surface area (Å²) in [6.45, 7) is 3.50. The van der Waals surface area contributed by atoms with Crippen LogP contribution in [0.3, 0.4) is 0 Å². The van der Waals surface area contributed by atoms with Crippen molar-refractivity contribution in [2.45, 2.75) is 26.1 Å². The maximum Gasteiger partial charge on any atom is 0.348 e. The molecule has 0 fully saturated rings. The average molecular weight is 414 g/mol. The molecule has 3 aromatic rings. The van der Waals surface area contributed by atoms with Crippen LogP contribution in [0.5, 0.6) is 5.75 Å². The van der Waals surface area contributed by atoms with Gasteiger partial charge in [-0.15, -0.1) is 0 Å². The van der Waals surface area contributed by atoms with E-state index in [2.05, 4.69) is 5.32 Å². The third-order valence-electron chi connectivity index (χ3n) is 4.52. The van der Waals surface area contributed by atoms with Crippen molar-refractivity contribution in [1.29, 1.82) is 5.26 Å². The Morgan fingerprint density at radius 1 is 0.935 bits per heavy atom. The van der Waals surface area contributed by atoms with Crippen LogP contribution in [0.2, 0.25) is 0 Å². The number of carbonyl (C=O) groups excluding carboxylic acids is 2. The first-order chi connectivity index (χ1) is 15.0. The van der Waals surface area contributed by atoms with E-state index >= 15 is 0 Å². The zero-order valence-electron chi connectivity index (χ0n) is 17.2. The Morgan fingerprint density at radius 2 is 1.58 bits per heavy atom. The highest BCUT2D eigenvalue weighted by Gasteiger charge is 2.28. The molecule has 3 rings (SSSR count). The number of carbonyl (C=O) groups is 2. The Bertz CT molecular complexity index is 1070. The van der Waals surface area contributed by atoms with Gasteiger partial charge in [0.25, 0.3) is 5.91 Å². The molecule has 0 saturated carbocycles. The molecular weight excluding hydrogens is 392 g/mol. The van der Waals surface area contributed by atoms with E-state index in [0.717, 1.165) is 5.56 Å². The largest absolute Gasteiger partial charge is 0.479 e. The molecule has 0 unspecified atom stereocenters. The molecule has 6 nitrogen and oxygen atoms in total. The number of benzene rings is 3. The number of anilines is 1. The minimum absolute atomic E-state index is 0.420. The predicted octanol–water partition coefficient (Wildman–Crippen LogP) is 4.56. The lowest BCUT2D eigenvalue weighted by atomic mass is 10.1. The van der Waals surface area contributed by atoms with Gasteiger partial charge in [-0.2, -0.15) is 5.26 Å². The summed E-state index contributed by atoms with van der Waals surface area (Å²) in [7, 11) is 0. The van der Waals surface area contributed by atoms with E-state index in [1.165, 1.54) is 0 Å². The van der Waals surface area contributed by atoms with Crippen molar-refractivity contribution in [2.75, 3.05) is 5.32 Å². The van der Waals surface area contributed by atoms with E-state index in [9.17, 15) is 9.59 Å². The number of hydrogen-bond acceptors (Lipinski definition) is 5. The van der Waals surface area contributed by atoms with Gasteiger partial charge < -0.3 is 14.8 Å². The Labute approximate surface area is 181 Å². The topological polar surface area (TPSA) is 88.4 Å². The van der Waals surface area contributed by atoms with Crippen molar-refractivity contribution < 1.29 is 19.1 Å². The van der Waals surface area contributed by atoms with Crippen LogP contribution in [0, 0.1) is 18.3 Å². The number of nitriles is 1. The zero-order chi connectivity index (χ0) is 22.2. The van der Waals surface area contributed by atoms with E-state index < -0.39 is 24.1 Å². The summed E-state index contributed by atoms with van der Waals surface area (Å²) in [6, 6.07) is 24.5. The molecule has 0 saturated heterocycles. The van der Waals surface area contributed by atoms with Crippen LogP contribution < -0.4 is 10.1 Å². The summed E-state index contributed by atoms with van der Waals surface area (Å²) in [5.41, 5.74) is 2.71. The van der Waals surface area contributed by atoms with Gasteiger partial charge in [0.1, 0.15) is 5.75 Å². The molecule has 31 heavy (non-hydrogen) atoms. The highest BCUT2D eigenvalue weighted by molar-refractivity contribution is 5.96. The Hall–Kier alpha value is -4.11. The predicted molar refractivity (Wildman–Crippen MR) is 116 cm³/mol. The lowest BCUT2D eigenvalue weighted by molar-refractivity contribution is -0.161. The second kappa shape index (κ2) is 10.1. The molecule has 156 valence electrons. The number of aryl methyl sites for hydroxylation is 1. The van der Waals surface area contributed by atoms with Crippen LogP contribution in [0.25, 0.3) is 0 Å². The molecule has 0 radical (unpaired) electrons. The molecule has 0 heterocycles. The second-order valence-electron chi connectivity index (χ2n) is 6.98. The maximum absolute atomic E-state index is 12.9. The van der Waals surface area contributed by atoms with E-state index in [1.807, 2.05) is 31.2 Å². The maximum atomic E-state index is 12.9. The van der Waals surface area contributed by atoms with Crippen molar-refractivity contribution in [3.8, 4) is 11.8 Å². The summed E-state index contributed by atoms with van der Waals surface area (Å²) in [5.74, 6) is -0.727. The lowest BCUT2D eigenvalue weighted by Crippen LogP contribution is -2.32. The number of esters is 1. The molecule has 0 bridgehead atoms. The van der Waals surface area contributed by atoms with Gasteiger partial charge in [0.05, 0.1) is 11.6 Å². The van der Waals surface area contributed by atoms with Crippen LogP contribution in [0.15, 0.2) is 78.9 Å². The Balaban J connectivity index is 1.72. The van der Waals surface area contributed by atoms with Crippen LogP contribution in [-0.2, 0) is 14.3 Å². The van der Waals surface area contributed by atoms with Crippen molar-refractivity contribution in [2.24, 2.45) is 0 Å². The van der Waals surface area contributed by atoms with Gasteiger partial charge in [-0.3, -0.25) is 4.79 Å². The average Bonchev–Trinajstić information content (AvgIpc) is 2.79. The molecule has 1 amide bonds. The lowest BCUT2D eigenvalue weighted by Gasteiger charge is -2.21. The van der Waals surface area contributed by atoms with Crippen LogP contribution in [-0.4, -0.2) is 18.0 Å². The van der Waals surface area contributed by atoms with Gasteiger partial charge in [0, 0.05) is 11.3 Å². The van der Waals surface area contributed by atoms with Gasteiger partial charge in [-0.1, -0.05) is 48.0 Å². The molecule has 0 aliphatic heterocycles. The van der Waals surface area contributed by atoms with E-state index in [1.54, 1.807) is 67.6 Å². The summed E-state index contributed by atoms with van der Waals surface area (Å²) >= 11 is 0. The standard InChI is InChI=1S/C25H22N2O4/c1-17-8-12-21(13-9-17)27-24(28)23(20-6-4-3-5-7-20)31-25(29)18(2)30-22-14-10-19(16-26)11-15-22/h3-15,18,23H,1-2H3,(H,27,28)/t18-,23+/m0/s1. The third-order valence-corrected chi connectivity index (χ3v) is 4.52. The fourth-order valence-electron chi connectivity index (χ4n) is 2.82. The highest BCUT2D eigenvalue weighted by atomic mass is 16.6. The molecule has 1 N–H and O–H groups in total. The number of nitrogens with one attached hydrogen (secondary N) is 1.